The Bertz CT molecular complexity index is 145. The van der Waals surface area contributed by atoms with Gasteiger partial charge in [-0.05, 0) is 51.4 Å². The van der Waals surface area contributed by atoms with Crippen molar-refractivity contribution < 1.29 is 4.74 Å². The number of hydrogen-bond donors (Lipinski definition) is 1. The Kier molecular flexibility index (Phi) is 6.98. The van der Waals surface area contributed by atoms with E-state index in [0.29, 0.717) is 0 Å². The summed E-state index contributed by atoms with van der Waals surface area (Å²) in [5.41, 5.74) is 0. The smallest absolute Gasteiger partial charge is 0.0589 e. The average Bonchev–Trinajstić information content (AvgIpc) is 2.28. The van der Waals surface area contributed by atoms with Gasteiger partial charge in [0.05, 0.1) is 6.61 Å². The lowest BCUT2D eigenvalue weighted by molar-refractivity contribution is 0.120. The molecule has 0 atom stereocenters. The minimum atomic E-state index is 0.874. The third-order valence-electron chi connectivity index (χ3n) is 3.18. The lowest BCUT2D eigenvalue weighted by Gasteiger charge is -2.31. The molecule has 1 N–H and O–H groups in total. The molecule has 15 heavy (non-hydrogen) atoms. The summed E-state index contributed by atoms with van der Waals surface area (Å²) in [5, 5.41) is 3.52. The molecule has 1 saturated heterocycles. The van der Waals surface area contributed by atoms with Crippen LogP contribution in [0.15, 0.2) is 0 Å². The van der Waals surface area contributed by atoms with Crippen molar-refractivity contribution in [1.29, 1.82) is 0 Å². The van der Waals surface area contributed by atoms with Gasteiger partial charge in [-0.25, -0.2) is 0 Å². The molecule has 3 heteroatoms. The summed E-state index contributed by atoms with van der Waals surface area (Å²) in [5.74, 6) is 0.898. The zero-order valence-corrected chi connectivity index (χ0v) is 10.3. The lowest BCUT2D eigenvalue weighted by Crippen LogP contribution is -2.38. The first-order valence-corrected chi connectivity index (χ1v) is 6.28. The maximum Gasteiger partial charge on any atom is 0.0589 e. The van der Waals surface area contributed by atoms with Gasteiger partial charge < -0.3 is 15.0 Å². The van der Waals surface area contributed by atoms with Crippen molar-refractivity contribution in [3.8, 4) is 0 Å². The number of nitrogens with zero attached hydrogens (tertiary/aromatic N) is 1. The molecule has 1 heterocycles. The van der Waals surface area contributed by atoms with Crippen LogP contribution in [0, 0.1) is 5.92 Å². The van der Waals surface area contributed by atoms with Gasteiger partial charge in [-0.3, -0.25) is 0 Å². The number of methoxy groups -OCH3 is 1. The van der Waals surface area contributed by atoms with Crippen molar-refractivity contribution >= 4 is 0 Å². The fourth-order valence-electron chi connectivity index (χ4n) is 2.12. The number of likely N-dealkylation sites (tertiary alicyclic amines) is 1. The second-order valence-electron chi connectivity index (χ2n) is 4.48. The molecule has 0 bridgehead atoms. The molecule has 0 aromatic heterocycles. The van der Waals surface area contributed by atoms with Crippen molar-refractivity contribution in [3.63, 3.8) is 0 Å². The third kappa shape index (κ3) is 5.50. The van der Waals surface area contributed by atoms with Crippen molar-refractivity contribution in [2.75, 3.05) is 46.4 Å². The Morgan fingerprint density at radius 2 is 2.07 bits per heavy atom. The maximum atomic E-state index is 5.10. The van der Waals surface area contributed by atoms with Crippen LogP contribution in [0.2, 0.25) is 0 Å². The maximum absolute atomic E-state index is 5.10. The van der Waals surface area contributed by atoms with Gasteiger partial charge >= 0.3 is 0 Å². The van der Waals surface area contributed by atoms with E-state index in [2.05, 4.69) is 17.1 Å². The van der Waals surface area contributed by atoms with Crippen molar-refractivity contribution in [1.82, 2.24) is 10.2 Å². The molecule has 1 fully saturated rings. The summed E-state index contributed by atoms with van der Waals surface area (Å²) in [7, 11) is 1.78. The predicted octanol–water partition coefficient (Wildman–Crippen LogP) is 1.34. The van der Waals surface area contributed by atoms with Crippen LogP contribution in [-0.4, -0.2) is 51.3 Å². The fraction of sp³-hybridized carbons (Fsp3) is 1.00. The second kappa shape index (κ2) is 8.08. The van der Waals surface area contributed by atoms with Gasteiger partial charge in [-0.2, -0.15) is 0 Å². The standard InChI is InChI=1S/C12H26N2O/c1-3-6-13-11-12-4-7-14(8-5-12)9-10-15-2/h12-13H,3-11H2,1-2H3. The van der Waals surface area contributed by atoms with Crippen LogP contribution in [-0.2, 0) is 4.74 Å². The van der Waals surface area contributed by atoms with Gasteiger partial charge in [-0.1, -0.05) is 6.92 Å². The van der Waals surface area contributed by atoms with Crippen LogP contribution in [0.1, 0.15) is 26.2 Å². The molecule has 0 radical (unpaired) electrons. The molecule has 90 valence electrons. The first kappa shape index (κ1) is 12.9. The Morgan fingerprint density at radius 3 is 2.67 bits per heavy atom. The van der Waals surface area contributed by atoms with E-state index >= 15 is 0 Å². The molecule has 3 nitrogen and oxygen atoms in total. The fourth-order valence-corrected chi connectivity index (χ4v) is 2.12. The quantitative estimate of drug-likeness (QED) is 0.647. The summed E-state index contributed by atoms with van der Waals surface area (Å²) in [6.07, 6.45) is 3.94. The monoisotopic (exact) mass is 214 g/mol. The minimum Gasteiger partial charge on any atom is -0.383 e. The summed E-state index contributed by atoms with van der Waals surface area (Å²) in [4.78, 5) is 2.51. The number of piperidine rings is 1. The molecular weight excluding hydrogens is 188 g/mol. The molecule has 1 aliphatic heterocycles. The summed E-state index contributed by atoms with van der Waals surface area (Å²) >= 11 is 0. The van der Waals surface area contributed by atoms with Gasteiger partial charge in [0.2, 0.25) is 0 Å². The highest BCUT2D eigenvalue weighted by molar-refractivity contribution is 4.73. The highest BCUT2D eigenvalue weighted by Gasteiger charge is 2.17. The molecule has 0 aromatic rings. The number of ether oxygens (including phenoxy) is 1. The first-order chi connectivity index (χ1) is 7.36. The van der Waals surface area contributed by atoms with E-state index in [-0.39, 0.29) is 0 Å². The van der Waals surface area contributed by atoms with E-state index in [9.17, 15) is 0 Å². The highest BCUT2D eigenvalue weighted by Crippen LogP contribution is 2.15. The average molecular weight is 214 g/mol. The second-order valence-corrected chi connectivity index (χ2v) is 4.48. The summed E-state index contributed by atoms with van der Waals surface area (Å²) in [6.45, 7) is 9.09. The summed E-state index contributed by atoms with van der Waals surface area (Å²) < 4.78 is 5.10. The molecule has 0 unspecified atom stereocenters. The SMILES string of the molecule is CCCNCC1CCN(CCOC)CC1. The normalized spacial score (nSPS) is 19.6. The van der Waals surface area contributed by atoms with E-state index in [1.54, 1.807) is 7.11 Å². The van der Waals surface area contributed by atoms with Crippen molar-refractivity contribution in [3.05, 3.63) is 0 Å². The zero-order valence-electron chi connectivity index (χ0n) is 10.3. The zero-order chi connectivity index (χ0) is 10.9. The number of rotatable bonds is 7. The van der Waals surface area contributed by atoms with E-state index < -0.39 is 0 Å². The molecule has 0 spiro atoms. The van der Waals surface area contributed by atoms with Crippen molar-refractivity contribution in [2.45, 2.75) is 26.2 Å². The van der Waals surface area contributed by atoms with Crippen LogP contribution in [0.4, 0.5) is 0 Å². The Morgan fingerprint density at radius 1 is 1.33 bits per heavy atom. The van der Waals surface area contributed by atoms with E-state index in [1.165, 1.54) is 45.4 Å². The molecule has 0 aromatic carbocycles. The Labute approximate surface area is 94.2 Å². The van der Waals surface area contributed by atoms with Crippen LogP contribution in [0.5, 0.6) is 0 Å². The highest BCUT2D eigenvalue weighted by atomic mass is 16.5. The molecular formula is C12H26N2O. The predicted molar refractivity (Wildman–Crippen MR) is 64.2 cm³/mol. The first-order valence-electron chi connectivity index (χ1n) is 6.28. The molecule has 0 saturated carbocycles. The van der Waals surface area contributed by atoms with E-state index in [1.807, 2.05) is 0 Å². The lowest BCUT2D eigenvalue weighted by atomic mass is 9.97. The largest absolute Gasteiger partial charge is 0.383 e. The number of hydrogen-bond acceptors (Lipinski definition) is 3. The minimum absolute atomic E-state index is 0.874. The molecule has 0 amide bonds. The van der Waals surface area contributed by atoms with Gasteiger partial charge in [0.25, 0.3) is 0 Å². The molecule has 1 rings (SSSR count). The van der Waals surface area contributed by atoms with Crippen LogP contribution in [0.3, 0.4) is 0 Å². The van der Waals surface area contributed by atoms with Gasteiger partial charge in [-0.15, -0.1) is 0 Å². The molecule has 1 aliphatic rings. The van der Waals surface area contributed by atoms with Crippen LogP contribution >= 0.6 is 0 Å². The van der Waals surface area contributed by atoms with Gasteiger partial charge in [0.1, 0.15) is 0 Å². The van der Waals surface area contributed by atoms with Crippen LogP contribution in [0.25, 0.3) is 0 Å². The Hall–Kier alpha value is -0.120. The van der Waals surface area contributed by atoms with Gasteiger partial charge in [0, 0.05) is 13.7 Å². The third-order valence-corrected chi connectivity index (χ3v) is 3.18. The molecule has 0 aliphatic carbocycles. The van der Waals surface area contributed by atoms with Gasteiger partial charge in [0.15, 0.2) is 0 Å². The van der Waals surface area contributed by atoms with E-state index in [4.69, 9.17) is 4.74 Å². The summed E-state index contributed by atoms with van der Waals surface area (Å²) in [6, 6.07) is 0. The van der Waals surface area contributed by atoms with Crippen molar-refractivity contribution in [2.24, 2.45) is 5.92 Å². The number of nitrogens with one attached hydrogen (secondary N) is 1. The topological polar surface area (TPSA) is 24.5 Å². The van der Waals surface area contributed by atoms with E-state index in [0.717, 1.165) is 19.1 Å². The Balaban J connectivity index is 2.02. The van der Waals surface area contributed by atoms with Crippen LogP contribution < -0.4 is 5.32 Å².